The zero-order valence-electron chi connectivity index (χ0n) is 11.9. The molecule has 0 radical (unpaired) electrons. The minimum absolute atomic E-state index is 0.344. The van der Waals surface area contributed by atoms with Crippen LogP contribution in [-0.2, 0) is 4.74 Å². The maximum Gasteiger partial charge on any atom is 0.0705 e. The van der Waals surface area contributed by atoms with Crippen LogP contribution in [0.5, 0.6) is 0 Å². The van der Waals surface area contributed by atoms with Crippen molar-refractivity contribution in [3.63, 3.8) is 0 Å². The van der Waals surface area contributed by atoms with Crippen LogP contribution < -0.4 is 5.32 Å². The molecule has 0 fully saturated rings. The summed E-state index contributed by atoms with van der Waals surface area (Å²) in [6.45, 7) is 3.01. The molecule has 0 spiro atoms. The summed E-state index contributed by atoms with van der Waals surface area (Å²) < 4.78 is 5.21. The van der Waals surface area contributed by atoms with E-state index >= 15 is 0 Å². The molecule has 1 N–H and O–H groups in total. The number of pyridine rings is 1. The molecule has 102 valence electrons. The van der Waals surface area contributed by atoms with Gasteiger partial charge in [-0.2, -0.15) is 0 Å². The quantitative estimate of drug-likeness (QED) is 0.864. The molecule has 0 amide bonds. The van der Waals surface area contributed by atoms with E-state index in [9.17, 15) is 0 Å². The Morgan fingerprint density at radius 3 is 2.89 bits per heavy atom. The average Bonchev–Trinajstić information content (AvgIpc) is 2.44. The van der Waals surface area contributed by atoms with E-state index in [4.69, 9.17) is 4.74 Å². The second kappa shape index (κ2) is 6.64. The molecule has 0 saturated heterocycles. The lowest BCUT2D eigenvalue weighted by Crippen LogP contribution is -2.20. The van der Waals surface area contributed by atoms with Crippen molar-refractivity contribution in [2.24, 2.45) is 5.92 Å². The third-order valence-electron chi connectivity index (χ3n) is 3.47. The molecule has 1 aromatic carbocycles. The number of ether oxygens (including phenoxy) is 1. The third kappa shape index (κ3) is 3.52. The van der Waals surface area contributed by atoms with Crippen LogP contribution >= 0.6 is 0 Å². The number of nitrogens with zero attached hydrogens (tertiary/aromatic N) is 1. The molecule has 0 aliphatic carbocycles. The van der Waals surface area contributed by atoms with Crippen molar-refractivity contribution >= 4 is 10.9 Å². The summed E-state index contributed by atoms with van der Waals surface area (Å²) in [5.41, 5.74) is 2.34. The van der Waals surface area contributed by atoms with Gasteiger partial charge in [0.25, 0.3) is 0 Å². The Balaban J connectivity index is 2.20. The number of fused-ring (bicyclic) bond motifs is 1. The first-order valence-corrected chi connectivity index (χ1v) is 6.75. The van der Waals surface area contributed by atoms with Crippen molar-refractivity contribution in [1.82, 2.24) is 10.3 Å². The first-order chi connectivity index (χ1) is 9.24. The molecule has 19 heavy (non-hydrogen) atoms. The number of rotatable bonds is 6. The molecular formula is C16H22N2O. The van der Waals surface area contributed by atoms with Crippen molar-refractivity contribution in [3.8, 4) is 0 Å². The summed E-state index contributed by atoms with van der Waals surface area (Å²) in [4.78, 5) is 4.42. The summed E-state index contributed by atoms with van der Waals surface area (Å²) in [6.07, 6.45) is 2.90. The van der Waals surface area contributed by atoms with Crippen LogP contribution in [0.15, 0.2) is 36.5 Å². The average molecular weight is 258 g/mol. The molecule has 0 aliphatic heterocycles. The van der Waals surface area contributed by atoms with Gasteiger partial charge in [-0.3, -0.25) is 4.98 Å². The van der Waals surface area contributed by atoms with Crippen LogP contribution in [0.3, 0.4) is 0 Å². The zero-order chi connectivity index (χ0) is 13.7. The standard InChI is InChI=1S/C16H22N2O/c1-12(11-19-3)9-15(17-2)14-7-6-13-5-4-8-18-16(13)10-14/h4-8,10,12,15,17H,9,11H2,1-3H3. The second-order valence-corrected chi connectivity index (χ2v) is 5.09. The minimum atomic E-state index is 0.344. The highest BCUT2D eigenvalue weighted by Crippen LogP contribution is 2.24. The van der Waals surface area contributed by atoms with Gasteiger partial charge in [-0.1, -0.05) is 25.1 Å². The molecule has 0 bridgehead atoms. The Morgan fingerprint density at radius 1 is 1.32 bits per heavy atom. The van der Waals surface area contributed by atoms with Crippen LogP contribution in [0, 0.1) is 5.92 Å². The van der Waals surface area contributed by atoms with Gasteiger partial charge in [0.1, 0.15) is 0 Å². The van der Waals surface area contributed by atoms with Crippen molar-refractivity contribution in [3.05, 3.63) is 42.1 Å². The summed E-state index contributed by atoms with van der Waals surface area (Å²) in [5, 5.41) is 4.58. The van der Waals surface area contributed by atoms with Gasteiger partial charge in [0.15, 0.2) is 0 Å². The number of hydrogen-bond donors (Lipinski definition) is 1. The monoisotopic (exact) mass is 258 g/mol. The lowest BCUT2D eigenvalue weighted by atomic mass is 9.95. The maximum atomic E-state index is 5.21. The van der Waals surface area contributed by atoms with Crippen LogP contribution in [0.25, 0.3) is 10.9 Å². The Kier molecular flexibility index (Phi) is 4.88. The van der Waals surface area contributed by atoms with Crippen molar-refractivity contribution in [1.29, 1.82) is 0 Å². The van der Waals surface area contributed by atoms with E-state index in [1.54, 1.807) is 7.11 Å². The van der Waals surface area contributed by atoms with E-state index < -0.39 is 0 Å². The molecule has 3 nitrogen and oxygen atoms in total. The molecule has 2 rings (SSSR count). The van der Waals surface area contributed by atoms with E-state index in [0.717, 1.165) is 18.5 Å². The summed E-state index contributed by atoms with van der Waals surface area (Å²) in [5.74, 6) is 0.530. The number of nitrogens with one attached hydrogen (secondary N) is 1. The topological polar surface area (TPSA) is 34.1 Å². The van der Waals surface area contributed by atoms with Gasteiger partial charge < -0.3 is 10.1 Å². The third-order valence-corrected chi connectivity index (χ3v) is 3.47. The van der Waals surface area contributed by atoms with E-state index in [0.29, 0.717) is 12.0 Å². The Labute approximate surface area is 115 Å². The van der Waals surface area contributed by atoms with Crippen molar-refractivity contribution in [2.45, 2.75) is 19.4 Å². The van der Waals surface area contributed by atoms with Gasteiger partial charge in [0.05, 0.1) is 5.52 Å². The summed E-state index contributed by atoms with van der Waals surface area (Å²) in [7, 11) is 3.76. The highest BCUT2D eigenvalue weighted by atomic mass is 16.5. The van der Waals surface area contributed by atoms with Gasteiger partial charge in [-0.05, 0) is 37.1 Å². The van der Waals surface area contributed by atoms with Crippen molar-refractivity contribution in [2.75, 3.05) is 20.8 Å². The highest BCUT2D eigenvalue weighted by molar-refractivity contribution is 5.78. The Bertz CT molecular complexity index is 527. The predicted molar refractivity (Wildman–Crippen MR) is 79.2 cm³/mol. The van der Waals surface area contributed by atoms with Gasteiger partial charge >= 0.3 is 0 Å². The van der Waals surface area contributed by atoms with Crippen LogP contribution in [0.1, 0.15) is 24.9 Å². The van der Waals surface area contributed by atoms with Gasteiger partial charge in [0, 0.05) is 31.3 Å². The van der Waals surface area contributed by atoms with E-state index in [-0.39, 0.29) is 0 Å². The molecule has 2 aromatic rings. The fourth-order valence-electron chi connectivity index (χ4n) is 2.48. The molecule has 1 aromatic heterocycles. The lowest BCUT2D eigenvalue weighted by Gasteiger charge is -2.21. The number of aromatic nitrogens is 1. The lowest BCUT2D eigenvalue weighted by molar-refractivity contribution is 0.150. The predicted octanol–water partition coefficient (Wildman–Crippen LogP) is 3.17. The Hall–Kier alpha value is -1.45. The molecule has 2 unspecified atom stereocenters. The SMILES string of the molecule is CNC(CC(C)COC)c1ccc2cccnc2c1. The zero-order valence-corrected chi connectivity index (χ0v) is 11.9. The second-order valence-electron chi connectivity index (χ2n) is 5.09. The van der Waals surface area contributed by atoms with Crippen molar-refractivity contribution < 1.29 is 4.74 Å². The summed E-state index contributed by atoms with van der Waals surface area (Å²) >= 11 is 0. The molecular weight excluding hydrogens is 236 g/mol. The normalized spacial score (nSPS) is 14.5. The number of methoxy groups -OCH3 is 1. The van der Waals surface area contributed by atoms with E-state index in [1.165, 1.54) is 10.9 Å². The Morgan fingerprint density at radius 2 is 2.16 bits per heavy atom. The first-order valence-electron chi connectivity index (χ1n) is 6.75. The molecule has 2 atom stereocenters. The smallest absolute Gasteiger partial charge is 0.0705 e. The maximum absolute atomic E-state index is 5.21. The van der Waals surface area contributed by atoms with Gasteiger partial charge in [-0.25, -0.2) is 0 Å². The van der Waals surface area contributed by atoms with Crippen LogP contribution in [0.4, 0.5) is 0 Å². The van der Waals surface area contributed by atoms with Gasteiger partial charge in [0.2, 0.25) is 0 Å². The van der Waals surface area contributed by atoms with Crippen LogP contribution in [0.2, 0.25) is 0 Å². The fraction of sp³-hybridized carbons (Fsp3) is 0.438. The highest BCUT2D eigenvalue weighted by Gasteiger charge is 2.14. The molecule has 0 aliphatic rings. The fourth-order valence-corrected chi connectivity index (χ4v) is 2.48. The number of benzene rings is 1. The minimum Gasteiger partial charge on any atom is -0.384 e. The molecule has 1 heterocycles. The van der Waals surface area contributed by atoms with E-state index in [2.05, 4.69) is 41.5 Å². The summed E-state index contributed by atoms with van der Waals surface area (Å²) in [6, 6.07) is 10.9. The molecule has 0 saturated carbocycles. The largest absolute Gasteiger partial charge is 0.384 e. The first kappa shape index (κ1) is 14.0. The molecule has 3 heteroatoms. The van der Waals surface area contributed by atoms with E-state index in [1.807, 2.05) is 19.3 Å². The van der Waals surface area contributed by atoms with Crippen LogP contribution in [-0.4, -0.2) is 25.7 Å². The van der Waals surface area contributed by atoms with Gasteiger partial charge in [-0.15, -0.1) is 0 Å². The number of hydrogen-bond acceptors (Lipinski definition) is 3.